The summed E-state index contributed by atoms with van der Waals surface area (Å²) in [4.78, 5) is 8.73. The molecule has 1 aliphatic rings. The van der Waals surface area contributed by atoms with Gasteiger partial charge in [0.05, 0.1) is 10.7 Å². The Hall–Kier alpha value is -2.12. The van der Waals surface area contributed by atoms with E-state index >= 15 is 0 Å². The monoisotopic (exact) mass is 331 g/mol. The van der Waals surface area contributed by atoms with Crippen LogP contribution >= 0.6 is 11.6 Å². The number of halogens is 2. The number of hydrogen-bond donors (Lipinski definition) is 0. The van der Waals surface area contributed by atoms with E-state index in [-0.39, 0.29) is 0 Å². The molecular weight excluding hydrogens is 313 g/mol. The van der Waals surface area contributed by atoms with Crippen molar-refractivity contribution in [2.45, 2.75) is 25.8 Å². The molecule has 0 aromatic carbocycles. The number of rotatable bonds is 4. The maximum absolute atomic E-state index is 12.7. The minimum atomic E-state index is -0.530. The Morgan fingerprint density at radius 3 is 2.74 bits per heavy atom. The summed E-state index contributed by atoms with van der Waals surface area (Å²) in [5, 5.41) is 1.58. The Bertz CT molecular complexity index is 786. The van der Waals surface area contributed by atoms with Gasteiger partial charge in [-0.3, -0.25) is 4.98 Å². The zero-order chi connectivity index (χ0) is 16.7. The van der Waals surface area contributed by atoms with Crippen LogP contribution in [0.15, 0.2) is 24.5 Å². The number of imidazole rings is 1. The molecule has 3 nitrogen and oxygen atoms in total. The van der Waals surface area contributed by atoms with Crippen molar-refractivity contribution in [1.82, 2.24) is 14.5 Å². The Morgan fingerprint density at radius 1 is 1.48 bits per heavy atom. The van der Waals surface area contributed by atoms with Crippen molar-refractivity contribution in [1.29, 1.82) is 0 Å². The fourth-order valence-corrected chi connectivity index (χ4v) is 2.51. The molecule has 0 bridgehead atoms. The molecule has 0 amide bonds. The van der Waals surface area contributed by atoms with E-state index in [9.17, 15) is 4.39 Å². The summed E-state index contributed by atoms with van der Waals surface area (Å²) in [5.41, 5.74) is 0.946. The van der Waals surface area contributed by atoms with Crippen LogP contribution in [0.1, 0.15) is 25.8 Å². The van der Waals surface area contributed by atoms with E-state index in [4.69, 9.17) is 11.6 Å². The summed E-state index contributed by atoms with van der Waals surface area (Å²) in [6.45, 7) is 1.12. The molecular formula is C18H19ClFN3. The normalized spacial score (nSPS) is 15.0. The van der Waals surface area contributed by atoms with Gasteiger partial charge in [0, 0.05) is 29.9 Å². The third-order valence-corrected chi connectivity index (χ3v) is 3.50. The van der Waals surface area contributed by atoms with Gasteiger partial charge in [-0.25, -0.2) is 9.37 Å². The van der Waals surface area contributed by atoms with Gasteiger partial charge in [-0.2, -0.15) is 0 Å². The van der Waals surface area contributed by atoms with Crippen LogP contribution in [0.2, 0.25) is 0 Å². The van der Waals surface area contributed by atoms with E-state index in [0.717, 1.165) is 29.6 Å². The quantitative estimate of drug-likeness (QED) is 0.637. The maximum atomic E-state index is 12.7. The van der Waals surface area contributed by atoms with E-state index in [1.54, 1.807) is 19.3 Å². The molecule has 0 atom stereocenters. The maximum Gasteiger partial charge on any atom is 0.142 e. The lowest BCUT2D eigenvalue weighted by Crippen LogP contribution is -2.30. The number of hydrogen-bond acceptors (Lipinski definition) is 2. The first kappa shape index (κ1) is 17.2. The molecule has 0 unspecified atom stereocenters. The average Bonchev–Trinajstić information content (AvgIpc) is 3.34. The van der Waals surface area contributed by atoms with Crippen LogP contribution in [0.4, 0.5) is 4.39 Å². The highest BCUT2D eigenvalue weighted by molar-refractivity contribution is 6.20. The molecule has 3 rings (SSSR count). The summed E-state index contributed by atoms with van der Waals surface area (Å²) in [6, 6.07) is 4.29. The highest BCUT2D eigenvalue weighted by atomic mass is 35.5. The molecule has 2 aromatic rings. The first-order valence-corrected chi connectivity index (χ1v) is 7.98. The largest absolute Gasteiger partial charge is 0.321 e. The lowest BCUT2D eigenvalue weighted by Gasteiger charge is -2.06. The summed E-state index contributed by atoms with van der Waals surface area (Å²) in [7, 11) is 0. The number of terminal acetylenes is 1. The van der Waals surface area contributed by atoms with Gasteiger partial charge >= 0.3 is 0 Å². The van der Waals surface area contributed by atoms with Crippen LogP contribution in [-0.4, -0.2) is 27.1 Å². The van der Waals surface area contributed by atoms with Crippen LogP contribution in [0.5, 0.6) is 0 Å². The van der Waals surface area contributed by atoms with E-state index in [1.807, 2.05) is 18.2 Å². The summed E-state index contributed by atoms with van der Waals surface area (Å²) >= 11 is 5.84. The topological polar surface area (TPSA) is 30.7 Å². The Morgan fingerprint density at radius 2 is 2.22 bits per heavy atom. The summed E-state index contributed by atoms with van der Waals surface area (Å²) < 4.78 is 14.9. The molecule has 0 aliphatic heterocycles. The number of alkyl halides is 2. The van der Waals surface area contributed by atoms with Crippen molar-refractivity contribution in [2.24, 2.45) is 0 Å². The predicted molar refractivity (Wildman–Crippen MR) is 93.1 cm³/mol. The fourth-order valence-electron chi connectivity index (χ4n) is 2.36. The molecule has 0 N–H and O–H groups in total. The second-order valence-corrected chi connectivity index (χ2v) is 5.36. The Balaban J connectivity index is 0.000000595. The van der Waals surface area contributed by atoms with Gasteiger partial charge in [0.2, 0.25) is 0 Å². The van der Waals surface area contributed by atoms with Gasteiger partial charge in [0.15, 0.2) is 0 Å². The van der Waals surface area contributed by atoms with Crippen LogP contribution in [0.3, 0.4) is 0 Å². The first-order chi connectivity index (χ1) is 11.3. The van der Waals surface area contributed by atoms with Crippen molar-refractivity contribution in [3.05, 3.63) is 35.2 Å². The van der Waals surface area contributed by atoms with Gasteiger partial charge in [-0.15, -0.1) is 23.9 Å². The standard InChI is InChI=1S/C15H15ClFN3.C3H4/c16-7-5-14-13(6-8-17)19-15(20(14)12-3-4-12)11-2-1-9-18-10-11;1-3-2/h1-2,5-6,9-10,12H,3-4,7-8H2;1H,2H3/b13-6+,14-5+;. The first-order valence-electron chi connectivity index (χ1n) is 7.45. The van der Waals surface area contributed by atoms with Gasteiger partial charge < -0.3 is 4.57 Å². The average molecular weight is 332 g/mol. The number of aromatic nitrogens is 3. The molecule has 1 saturated carbocycles. The molecule has 23 heavy (non-hydrogen) atoms. The molecule has 0 spiro atoms. The van der Waals surface area contributed by atoms with Gasteiger partial charge in [0.25, 0.3) is 0 Å². The molecule has 0 saturated heterocycles. The van der Waals surface area contributed by atoms with E-state index in [2.05, 4.69) is 26.9 Å². The molecule has 5 heteroatoms. The van der Waals surface area contributed by atoms with Crippen molar-refractivity contribution in [2.75, 3.05) is 12.6 Å². The zero-order valence-corrected chi connectivity index (χ0v) is 13.8. The van der Waals surface area contributed by atoms with Crippen molar-refractivity contribution >= 4 is 23.8 Å². The summed E-state index contributed by atoms with van der Waals surface area (Å²) in [6.07, 6.45) is 13.8. The van der Waals surface area contributed by atoms with E-state index < -0.39 is 6.67 Å². The molecule has 1 aliphatic carbocycles. The van der Waals surface area contributed by atoms with Gasteiger partial charge in [0.1, 0.15) is 12.5 Å². The van der Waals surface area contributed by atoms with E-state index in [1.165, 1.54) is 6.08 Å². The van der Waals surface area contributed by atoms with Crippen LogP contribution in [0.25, 0.3) is 23.5 Å². The highest BCUT2D eigenvalue weighted by Gasteiger charge is 2.27. The second-order valence-electron chi connectivity index (χ2n) is 5.05. The lowest BCUT2D eigenvalue weighted by molar-refractivity contribution is 0.578. The van der Waals surface area contributed by atoms with Crippen LogP contribution in [0, 0.1) is 12.3 Å². The van der Waals surface area contributed by atoms with Crippen LogP contribution in [-0.2, 0) is 0 Å². The predicted octanol–water partition coefficient (Wildman–Crippen LogP) is 2.69. The molecule has 2 aromatic heterocycles. The minimum absolute atomic E-state index is 0.387. The van der Waals surface area contributed by atoms with E-state index in [0.29, 0.717) is 17.3 Å². The molecule has 2 heterocycles. The van der Waals surface area contributed by atoms with Crippen molar-refractivity contribution in [3.63, 3.8) is 0 Å². The third kappa shape index (κ3) is 4.20. The van der Waals surface area contributed by atoms with Gasteiger partial charge in [-0.1, -0.05) is 0 Å². The Kier molecular flexibility index (Phi) is 6.37. The summed E-state index contributed by atoms with van der Waals surface area (Å²) in [5.74, 6) is 3.48. The smallest absolute Gasteiger partial charge is 0.142 e. The number of pyridine rings is 1. The van der Waals surface area contributed by atoms with Crippen LogP contribution < -0.4 is 10.7 Å². The SMILES string of the molecule is C#CC.FC/C=c1/nc(-c2cccnc2)n(C2CC2)/c1=C/CCl. The second kappa shape index (κ2) is 8.50. The molecule has 1 fully saturated rings. The zero-order valence-electron chi connectivity index (χ0n) is 13.0. The Labute approximate surface area is 140 Å². The molecule has 0 radical (unpaired) electrons. The lowest BCUT2D eigenvalue weighted by atomic mass is 10.2. The highest BCUT2D eigenvalue weighted by Crippen LogP contribution is 2.36. The molecule has 120 valence electrons. The third-order valence-electron chi connectivity index (χ3n) is 3.35. The van der Waals surface area contributed by atoms with Crippen molar-refractivity contribution < 1.29 is 4.39 Å². The van der Waals surface area contributed by atoms with Gasteiger partial charge in [-0.05, 0) is 44.1 Å². The fraction of sp³-hybridized carbons (Fsp3) is 0.333. The van der Waals surface area contributed by atoms with Crippen molar-refractivity contribution in [3.8, 4) is 23.7 Å². The minimum Gasteiger partial charge on any atom is -0.321 e. The number of nitrogens with zero attached hydrogens (tertiary/aromatic N) is 3.